The van der Waals surface area contributed by atoms with E-state index in [2.05, 4.69) is 4.98 Å². The van der Waals surface area contributed by atoms with Crippen molar-refractivity contribution < 1.29 is 4.74 Å². The van der Waals surface area contributed by atoms with E-state index in [0.29, 0.717) is 0 Å². The van der Waals surface area contributed by atoms with Crippen molar-refractivity contribution in [2.24, 2.45) is 0 Å². The van der Waals surface area contributed by atoms with Crippen LogP contribution in [-0.4, -0.2) is 18.2 Å². The lowest BCUT2D eigenvalue weighted by Crippen LogP contribution is -2.00. The third-order valence-electron chi connectivity index (χ3n) is 2.06. The van der Waals surface area contributed by atoms with E-state index in [1.54, 1.807) is 12.3 Å². The second kappa shape index (κ2) is 6.80. The molecule has 0 saturated carbocycles. The Bertz CT molecular complexity index is 474. The van der Waals surface area contributed by atoms with E-state index in [9.17, 15) is 4.79 Å². The lowest BCUT2D eigenvalue weighted by atomic mass is 10.2. The summed E-state index contributed by atoms with van der Waals surface area (Å²) in [6.45, 7) is 5.67. The number of rotatable bonds is 2. The average Bonchev–Trinajstić information content (AvgIpc) is 2.31. The molecule has 1 aromatic heterocycles. The molecule has 0 fully saturated rings. The molecule has 0 saturated heterocycles. The van der Waals surface area contributed by atoms with E-state index >= 15 is 0 Å². The van der Waals surface area contributed by atoms with Crippen LogP contribution in [0.5, 0.6) is 0 Å². The maximum Gasteiger partial charge on any atom is 0.248 e. The molecule has 1 aromatic carbocycles. The number of aromatic amines is 1. The first-order valence-electron chi connectivity index (χ1n) is 5.43. The number of H-pyrrole nitrogens is 1. The summed E-state index contributed by atoms with van der Waals surface area (Å²) in [7, 11) is 0. The second-order valence-corrected chi connectivity index (χ2v) is 3.21. The van der Waals surface area contributed by atoms with Crippen LogP contribution in [0, 0.1) is 0 Å². The highest BCUT2D eigenvalue weighted by atomic mass is 16.5. The van der Waals surface area contributed by atoms with Gasteiger partial charge in [-0.25, -0.2) is 0 Å². The van der Waals surface area contributed by atoms with Crippen LogP contribution in [-0.2, 0) is 4.74 Å². The Kier molecular flexibility index (Phi) is 5.29. The van der Waals surface area contributed by atoms with Gasteiger partial charge >= 0.3 is 0 Å². The Balaban J connectivity index is 0.000000221. The lowest BCUT2D eigenvalue weighted by Gasteiger charge is -1.92. The van der Waals surface area contributed by atoms with Crippen LogP contribution in [0.25, 0.3) is 10.8 Å². The van der Waals surface area contributed by atoms with Gasteiger partial charge in [0.25, 0.3) is 0 Å². The van der Waals surface area contributed by atoms with Crippen molar-refractivity contribution in [1.29, 1.82) is 0 Å². The quantitative estimate of drug-likeness (QED) is 0.843. The molecule has 86 valence electrons. The summed E-state index contributed by atoms with van der Waals surface area (Å²) >= 11 is 0. The molecule has 1 heterocycles. The summed E-state index contributed by atoms with van der Waals surface area (Å²) in [5.74, 6) is 0. The van der Waals surface area contributed by atoms with Crippen LogP contribution in [0.2, 0.25) is 0 Å². The summed E-state index contributed by atoms with van der Waals surface area (Å²) in [6, 6.07) is 9.34. The highest BCUT2D eigenvalue weighted by Crippen LogP contribution is 2.07. The third kappa shape index (κ3) is 3.87. The average molecular weight is 219 g/mol. The number of hydrogen-bond acceptors (Lipinski definition) is 2. The zero-order chi connectivity index (χ0) is 11.8. The Morgan fingerprint density at radius 1 is 1.12 bits per heavy atom. The van der Waals surface area contributed by atoms with Gasteiger partial charge in [0.15, 0.2) is 0 Å². The topological polar surface area (TPSA) is 42.1 Å². The maximum atomic E-state index is 10.8. The molecule has 2 rings (SSSR count). The predicted octanol–water partition coefficient (Wildman–Crippen LogP) is 2.57. The normalized spacial score (nSPS) is 9.62. The third-order valence-corrected chi connectivity index (χ3v) is 2.06. The first kappa shape index (κ1) is 12.5. The van der Waals surface area contributed by atoms with Gasteiger partial charge < -0.3 is 9.72 Å². The van der Waals surface area contributed by atoms with Crippen molar-refractivity contribution in [3.8, 4) is 0 Å². The minimum atomic E-state index is -0.0521. The van der Waals surface area contributed by atoms with Gasteiger partial charge in [0.1, 0.15) is 0 Å². The van der Waals surface area contributed by atoms with Crippen molar-refractivity contribution in [2.75, 3.05) is 13.2 Å². The van der Waals surface area contributed by atoms with Gasteiger partial charge in [-0.2, -0.15) is 0 Å². The Hall–Kier alpha value is -1.61. The van der Waals surface area contributed by atoms with Gasteiger partial charge in [-0.3, -0.25) is 4.79 Å². The van der Waals surface area contributed by atoms with Gasteiger partial charge in [-0.15, -0.1) is 0 Å². The van der Waals surface area contributed by atoms with Crippen molar-refractivity contribution >= 4 is 10.8 Å². The van der Waals surface area contributed by atoms with E-state index in [-0.39, 0.29) is 5.56 Å². The van der Waals surface area contributed by atoms with Crippen LogP contribution in [0.15, 0.2) is 41.3 Å². The number of benzene rings is 1. The van der Waals surface area contributed by atoms with E-state index in [1.807, 2.05) is 38.1 Å². The molecule has 0 amide bonds. The number of hydrogen-bond donors (Lipinski definition) is 1. The van der Waals surface area contributed by atoms with Crippen molar-refractivity contribution in [3.05, 3.63) is 46.9 Å². The summed E-state index contributed by atoms with van der Waals surface area (Å²) in [4.78, 5) is 13.4. The standard InChI is InChI=1S/C9H7NO.C4H10O/c11-9-5-7-3-1-2-4-8(7)6-10-9;1-3-5-4-2/h1-6H,(H,10,11);3-4H2,1-2H3. The monoisotopic (exact) mass is 219 g/mol. The number of nitrogens with one attached hydrogen (secondary N) is 1. The molecule has 0 bridgehead atoms. The SMILES string of the molecule is CCOCC.O=c1cc2ccccc2c[nH]1. The molecule has 3 nitrogen and oxygen atoms in total. The van der Waals surface area contributed by atoms with Gasteiger partial charge in [-0.1, -0.05) is 24.3 Å². The molecule has 3 heteroatoms. The number of pyridine rings is 1. The molecule has 0 aliphatic carbocycles. The summed E-state index contributed by atoms with van der Waals surface area (Å²) in [6.07, 6.45) is 1.72. The van der Waals surface area contributed by atoms with Crippen molar-refractivity contribution in [3.63, 3.8) is 0 Å². The predicted molar refractivity (Wildman–Crippen MR) is 66.7 cm³/mol. The fourth-order valence-electron chi connectivity index (χ4n) is 1.31. The molecule has 0 aliphatic heterocycles. The Labute approximate surface area is 95.1 Å². The fourth-order valence-corrected chi connectivity index (χ4v) is 1.31. The van der Waals surface area contributed by atoms with E-state index < -0.39 is 0 Å². The lowest BCUT2D eigenvalue weighted by molar-refractivity contribution is 0.162. The highest BCUT2D eigenvalue weighted by Gasteiger charge is 1.89. The van der Waals surface area contributed by atoms with Crippen LogP contribution in [0.1, 0.15) is 13.8 Å². The number of fused-ring (bicyclic) bond motifs is 1. The molecule has 0 spiro atoms. The molecular weight excluding hydrogens is 202 g/mol. The smallest absolute Gasteiger partial charge is 0.248 e. The first-order chi connectivity index (χ1) is 7.77. The van der Waals surface area contributed by atoms with Crippen LogP contribution in [0.4, 0.5) is 0 Å². The first-order valence-corrected chi connectivity index (χ1v) is 5.43. The van der Waals surface area contributed by atoms with E-state index in [4.69, 9.17) is 4.74 Å². The minimum absolute atomic E-state index is 0.0521. The van der Waals surface area contributed by atoms with Gasteiger partial charge in [0.2, 0.25) is 5.56 Å². The van der Waals surface area contributed by atoms with Crippen molar-refractivity contribution in [2.45, 2.75) is 13.8 Å². The van der Waals surface area contributed by atoms with E-state index in [0.717, 1.165) is 24.0 Å². The molecule has 0 atom stereocenters. The zero-order valence-electron chi connectivity index (χ0n) is 9.69. The van der Waals surface area contributed by atoms with Crippen LogP contribution >= 0.6 is 0 Å². The summed E-state index contributed by atoms with van der Waals surface area (Å²) < 4.78 is 4.83. The molecule has 16 heavy (non-hydrogen) atoms. The largest absolute Gasteiger partial charge is 0.382 e. The zero-order valence-corrected chi connectivity index (χ0v) is 9.69. The summed E-state index contributed by atoms with van der Waals surface area (Å²) in [5, 5.41) is 2.04. The summed E-state index contributed by atoms with van der Waals surface area (Å²) in [5.41, 5.74) is -0.0521. The molecule has 0 unspecified atom stereocenters. The van der Waals surface area contributed by atoms with Crippen molar-refractivity contribution in [1.82, 2.24) is 4.98 Å². The molecule has 1 N–H and O–H groups in total. The Morgan fingerprint density at radius 3 is 2.31 bits per heavy atom. The van der Waals surface area contributed by atoms with E-state index in [1.165, 1.54) is 0 Å². The van der Waals surface area contributed by atoms with Crippen LogP contribution < -0.4 is 5.56 Å². The number of aromatic nitrogens is 1. The Morgan fingerprint density at radius 2 is 1.75 bits per heavy atom. The van der Waals surface area contributed by atoms with Gasteiger partial charge in [0.05, 0.1) is 0 Å². The number of ether oxygens (including phenoxy) is 1. The van der Waals surface area contributed by atoms with Crippen LogP contribution in [0.3, 0.4) is 0 Å². The fraction of sp³-hybridized carbons (Fsp3) is 0.308. The molecule has 0 aliphatic rings. The second-order valence-electron chi connectivity index (χ2n) is 3.21. The van der Waals surface area contributed by atoms with Gasteiger partial charge in [0, 0.05) is 25.5 Å². The highest BCUT2D eigenvalue weighted by molar-refractivity contribution is 5.80. The molecule has 0 radical (unpaired) electrons. The van der Waals surface area contributed by atoms with Gasteiger partial charge in [-0.05, 0) is 24.6 Å². The molecular formula is C13H17NO2. The maximum absolute atomic E-state index is 10.8. The molecule has 2 aromatic rings. The minimum Gasteiger partial charge on any atom is -0.382 e.